The zero-order valence-corrected chi connectivity index (χ0v) is 8.44. The van der Waals surface area contributed by atoms with Gasteiger partial charge in [-0.05, 0) is 13.0 Å². The van der Waals surface area contributed by atoms with Crippen LogP contribution in [0.1, 0.15) is 11.3 Å². The van der Waals surface area contributed by atoms with Crippen LogP contribution >= 0.6 is 0 Å². The van der Waals surface area contributed by atoms with Crippen molar-refractivity contribution in [3.8, 4) is 0 Å². The number of nitrogens with zero attached hydrogens (tertiary/aromatic N) is 3. The molecular formula is C12H10N3+. The number of benzene rings is 1. The van der Waals surface area contributed by atoms with Gasteiger partial charge in [0.25, 0.3) is 0 Å². The van der Waals surface area contributed by atoms with Gasteiger partial charge in [-0.15, -0.1) is 4.98 Å². The molecule has 3 heteroatoms. The maximum atomic E-state index is 4.47. The zero-order chi connectivity index (χ0) is 9.99. The summed E-state index contributed by atoms with van der Waals surface area (Å²) >= 11 is 0. The van der Waals surface area contributed by atoms with Gasteiger partial charge in [0.2, 0.25) is 12.0 Å². The Morgan fingerprint density at radius 3 is 3.27 bits per heavy atom. The average Bonchev–Trinajstić information content (AvgIpc) is 2.76. The highest BCUT2D eigenvalue weighted by molar-refractivity contribution is 5.94. The Balaban J connectivity index is 2.42. The van der Waals surface area contributed by atoms with Gasteiger partial charge >= 0.3 is 0 Å². The topological polar surface area (TPSA) is 21.9 Å². The molecule has 1 aromatic carbocycles. The van der Waals surface area contributed by atoms with Crippen LogP contribution < -0.4 is 4.40 Å². The first-order valence-corrected chi connectivity index (χ1v) is 5.12. The van der Waals surface area contributed by atoms with Gasteiger partial charge in [-0.2, -0.15) is 0 Å². The van der Waals surface area contributed by atoms with Crippen molar-refractivity contribution in [3.05, 3.63) is 42.0 Å². The highest BCUT2D eigenvalue weighted by atomic mass is 15.1. The van der Waals surface area contributed by atoms with Gasteiger partial charge in [0, 0.05) is 5.56 Å². The summed E-state index contributed by atoms with van der Waals surface area (Å²) in [5, 5.41) is 1.31. The second-order valence-electron chi connectivity index (χ2n) is 4.14. The summed E-state index contributed by atoms with van der Waals surface area (Å²) < 4.78 is 4.47. The molecule has 3 nitrogen and oxygen atoms in total. The molecule has 2 aromatic heterocycles. The van der Waals surface area contributed by atoms with E-state index in [4.69, 9.17) is 0 Å². The first-order chi connectivity index (χ1) is 7.34. The van der Waals surface area contributed by atoms with Crippen molar-refractivity contribution in [2.75, 3.05) is 0 Å². The number of aromatic nitrogens is 3. The SMILES string of the molecule is Cc1c[n+]2cnc3cccc4c3c2n1C4. The molecule has 0 saturated carbocycles. The molecule has 4 rings (SSSR count). The smallest absolute Gasteiger partial charge is 0.244 e. The minimum absolute atomic E-state index is 0.987. The molecule has 0 saturated heterocycles. The molecule has 0 fully saturated rings. The van der Waals surface area contributed by atoms with Gasteiger partial charge in [-0.1, -0.05) is 12.1 Å². The van der Waals surface area contributed by atoms with Crippen molar-refractivity contribution in [2.45, 2.75) is 13.5 Å². The van der Waals surface area contributed by atoms with E-state index in [1.807, 2.05) is 6.33 Å². The molecule has 72 valence electrons. The summed E-state index contributed by atoms with van der Waals surface area (Å²) in [6.07, 6.45) is 4.04. The van der Waals surface area contributed by atoms with Gasteiger partial charge in [-0.3, -0.25) is 4.57 Å². The molecule has 0 spiro atoms. The molecule has 0 amide bonds. The summed E-state index contributed by atoms with van der Waals surface area (Å²) in [4.78, 5) is 4.47. The van der Waals surface area contributed by atoms with E-state index in [1.54, 1.807) is 0 Å². The van der Waals surface area contributed by atoms with E-state index in [-0.39, 0.29) is 0 Å². The van der Waals surface area contributed by atoms with Gasteiger partial charge in [0.1, 0.15) is 11.9 Å². The van der Waals surface area contributed by atoms with Gasteiger partial charge in [-0.25, -0.2) is 4.40 Å². The standard InChI is InChI=1S/C12H10N3/c1-8-5-14-7-13-10-4-2-3-9-6-15(8)12(14)11(9)10/h2-5,7H,6H2,1H3/q+1. The van der Waals surface area contributed by atoms with Crippen LogP contribution in [0.25, 0.3) is 16.6 Å². The van der Waals surface area contributed by atoms with Crippen molar-refractivity contribution in [3.63, 3.8) is 0 Å². The Labute approximate surface area is 86.6 Å². The van der Waals surface area contributed by atoms with E-state index in [0.717, 1.165) is 12.1 Å². The number of hydrogen-bond acceptors (Lipinski definition) is 1. The van der Waals surface area contributed by atoms with Crippen molar-refractivity contribution < 1.29 is 4.40 Å². The quantitative estimate of drug-likeness (QED) is 0.390. The lowest BCUT2D eigenvalue weighted by atomic mass is 10.1. The van der Waals surface area contributed by atoms with Crippen molar-refractivity contribution in [1.29, 1.82) is 0 Å². The van der Waals surface area contributed by atoms with Crippen molar-refractivity contribution in [1.82, 2.24) is 9.55 Å². The Hall–Kier alpha value is -1.90. The summed E-state index contributed by atoms with van der Waals surface area (Å²) in [6.45, 7) is 3.13. The Kier molecular flexibility index (Phi) is 1.08. The fraction of sp³-hybridized carbons (Fsp3) is 0.167. The van der Waals surface area contributed by atoms with Crippen LogP contribution in [0.2, 0.25) is 0 Å². The lowest BCUT2D eigenvalue weighted by molar-refractivity contribution is -0.513. The van der Waals surface area contributed by atoms with E-state index >= 15 is 0 Å². The fourth-order valence-electron chi connectivity index (χ4n) is 2.57. The first kappa shape index (κ1) is 7.40. The molecule has 3 aromatic rings. The number of hydrogen-bond donors (Lipinski definition) is 0. The zero-order valence-electron chi connectivity index (χ0n) is 8.44. The lowest BCUT2D eigenvalue weighted by Gasteiger charge is -1.94. The van der Waals surface area contributed by atoms with Crippen LogP contribution in [0.5, 0.6) is 0 Å². The molecule has 0 N–H and O–H groups in total. The Bertz CT molecular complexity index is 710. The normalized spacial score (nSPS) is 13.4. The van der Waals surface area contributed by atoms with E-state index in [1.165, 1.54) is 22.3 Å². The van der Waals surface area contributed by atoms with Crippen LogP contribution in [-0.2, 0) is 6.54 Å². The van der Waals surface area contributed by atoms with Crippen LogP contribution in [0.15, 0.2) is 30.7 Å². The lowest BCUT2D eigenvalue weighted by Crippen LogP contribution is -2.18. The summed E-state index contributed by atoms with van der Waals surface area (Å²) in [7, 11) is 0. The van der Waals surface area contributed by atoms with E-state index < -0.39 is 0 Å². The van der Waals surface area contributed by atoms with Crippen LogP contribution in [0.4, 0.5) is 0 Å². The van der Waals surface area contributed by atoms with Crippen molar-refractivity contribution >= 4 is 16.6 Å². The van der Waals surface area contributed by atoms with E-state index in [9.17, 15) is 0 Å². The molecule has 0 atom stereocenters. The maximum absolute atomic E-state index is 4.47. The highest BCUT2D eigenvalue weighted by Crippen LogP contribution is 2.28. The van der Waals surface area contributed by atoms with E-state index in [0.29, 0.717) is 0 Å². The average molecular weight is 196 g/mol. The van der Waals surface area contributed by atoms with Crippen molar-refractivity contribution in [2.24, 2.45) is 0 Å². The van der Waals surface area contributed by atoms with Gasteiger partial charge in [0.15, 0.2) is 5.52 Å². The highest BCUT2D eigenvalue weighted by Gasteiger charge is 2.25. The molecule has 1 aliphatic rings. The predicted molar refractivity (Wildman–Crippen MR) is 56.7 cm³/mol. The molecule has 0 unspecified atom stereocenters. The Morgan fingerprint density at radius 2 is 2.33 bits per heavy atom. The largest absolute Gasteiger partial charge is 0.256 e. The molecule has 3 heterocycles. The minimum atomic E-state index is 0.987. The summed E-state index contributed by atoms with van der Waals surface area (Å²) in [6, 6.07) is 6.36. The van der Waals surface area contributed by atoms with Crippen LogP contribution in [-0.4, -0.2) is 9.55 Å². The third kappa shape index (κ3) is 0.731. The van der Waals surface area contributed by atoms with Crippen LogP contribution in [0, 0.1) is 6.92 Å². The predicted octanol–water partition coefficient (Wildman–Crippen LogP) is 1.45. The second-order valence-corrected chi connectivity index (χ2v) is 4.14. The van der Waals surface area contributed by atoms with Gasteiger partial charge in [0.05, 0.1) is 11.9 Å². The minimum Gasteiger partial charge on any atom is -0.256 e. The Morgan fingerprint density at radius 1 is 1.40 bits per heavy atom. The first-order valence-electron chi connectivity index (χ1n) is 5.12. The van der Waals surface area contributed by atoms with E-state index in [2.05, 4.69) is 45.3 Å². The fourth-order valence-corrected chi connectivity index (χ4v) is 2.57. The molecule has 0 radical (unpaired) electrons. The third-order valence-electron chi connectivity index (χ3n) is 3.25. The monoisotopic (exact) mass is 196 g/mol. The molecular weight excluding hydrogens is 186 g/mol. The summed E-state index contributed by atoms with van der Waals surface area (Å²) in [5.41, 5.74) is 5.06. The van der Waals surface area contributed by atoms with Gasteiger partial charge < -0.3 is 0 Å². The second kappa shape index (κ2) is 2.19. The molecule has 1 aliphatic heterocycles. The molecule has 0 bridgehead atoms. The number of rotatable bonds is 0. The third-order valence-corrected chi connectivity index (χ3v) is 3.25. The summed E-state index contributed by atoms with van der Waals surface area (Å²) in [5.74, 6) is 0. The molecule has 15 heavy (non-hydrogen) atoms. The number of aryl methyl sites for hydroxylation is 1. The number of imidazole rings is 1. The molecule has 0 aliphatic carbocycles. The maximum Gasteiger partial charge on any atom is 0.244 e. The van der Waals surface area contributed by atoms with Crippen LogP contribution in [0.3, 0.4) is 0 Å².